The maximum atomic E-state index is 5.41. The summed E-state index contributed by atoms with van der Waals surface area (Å²) >= 11 is 1.81. The van der Waals surface area contributed by atoms with E-state index in [2.05, 4.69) is 36.5 Å². The van der Waals surface area contributed by atoms with Crippen molar-refractivity contribution in [1.82, 2.24) is 5.32 Å². The molecule has 1 aromatic rings. The highest BCUT2D eigenvalue weighted by molar-refractivity contribution is 7.10. The molecule has 0 aliphatic heterocycles. The van der Waals surface area contributed by atoms with E-state index in [0.29, 0.717) is 6.04 Å². The molecule has 1 heterocycles. The Labute approximate surface area is 96.9 Å². The van der Waals surface area contributed by atoms with E-state index in [9.17, 15) is 0 Å². The predicted octanol–water partition coefficient (Wildman–Crippen LogP) is 3.37. The highest BCUT2D eigenvalue weighted by atomic mass is 32.1. The minimum Gasteiger partial charge on any atom is -0.308 e. The highest BCUT2D eigenvalue weighted by Crippen LogP contribution is 2.27. The second-order valence-corrected chi connectivity index (χ2v) is 4.53. The normalized spacial score (nSPS) is 12.3. The molecule has 0 spiro atoms. The molecule has 0 aromatic carbocycles. The first-order chi connectivity index (χ1) is 7.33. The summed E-state index contributed by atoms with van der Waals surface area (Å²) in [6, 6.07) is 2.56. The molecule has 0 saturated carbocycles. The molecule has 2 heteroatoms. The number of hydrogen-bond donors (Lipinski definition) is 1. The summed E-state index contributed by atoms with van der Waals surface area (Å²) in [5, 5.41) is 5.67. The van der Waals surface area contributed by atoms with Crippen LogP contribution in [0.3, 0.4) is 0 Å². The molecule has 1 unspecified atom stereocenters. The summed E-state index contributed by atoms with van der Waals surface area (Å²) in [5.41, 5.74) is 1.43. The maximum Gasteiger partial charge on any atom is 0.0528 e. The molecule has 15 heavy (non-hydrogen) atoms. The zero-order chi connectivity index (χ0) is 11.1. The van der Waals surface area contributed by atoms with Crippen molar-refractivity contribution in [3.05, 3.63) is 21.9 Å². The molecule has 1 nitrogen and oxygen atoms in total. The van der Waals surface area contributed by atoms with E-state index in [-0.39, 0.29) is 0 Å². The molecule has 1 N–H and O–H groups in total. The van der Waals surface area contributed by atoms with Crippen molar-refractivity contribution in [2.24, 2.45) is 0 Å². The molecule has 0 aliphatic rings. The molecule has 1 rings (SSSR count). The minimum absolute atomic E-state index is 0.352. The molecule has 0 amide bonds. The van der Waals surface area contributed by atoms with Gasteiger partial charge in [-0.25, -0.2) is 0 Å². The van der Waals surface area contributed by atoms with Crippen LogP contribution in [0.4, 0.5) is 0 Å². The van der Waals surface area contributed by atoms with Crippen molar-refractivity contribution in [2.45, 2.75) is 39.2 Å². The number of terminal acetylenes is 1. The van der Waals surface area contributed by atoms with Crippen LogP contribution < -0.4 is 5.32 Å². The van der Waals surface area contributed by atoms with Gasteiger partial charge in [0.2, 0.25) is 0 Å². The van der Waals surface area contributed by atoms with Gasteiger partial charge >= 0.3 is 0 Å². The van der Waals surface area contributed by atoms with Crippen LogP contribution in [0.2, 0.25) is 0 Å². The molecule has 1 aromatic heterocycles. The fourth-order valence-electron chi connectivity index (χ4n) is 1.64. The van der Waals surface area contributed by atoms with Gasteiger partial charge in [0, 0.05) is 11.3 Å². The first-order valence-corrected chi connectivity index (χ1v) is 6.44. The predicted molar refractivity (Wildman–Crippen MR) is 68.2 cm³/mol. The Bertz CT molecular complexity index is 322. The van der Waals surface area contributed by atoms with E-state index in [1.54, 1.807) is 0 Å². The van der Waals surface area contributed by atoms with Gasteiger partial charge < -0.3 is 5.32 Å². The molecular formula is C13H19NS. The molecule has 0 radical (unpaired) electrons. The van der Waals surface area contributed by atoms with Gasteiger partial charge in [-0.05, 0) is 36.4 Å². The third kappa shape index (κ3) is 3.37. The number of thiophene rings is 1. The molecule has 1 atom stereocenters. The summed E-state index contributed by atoms with van der Waals surface area (Å²) in [6.45, 7) is 5.40. The molecule has 0 aliphatic carbocycles. The molecule has 82 valence electrons. The zero-order valence-corrected chi connectivity index (χ0v) is 10.4. The van der Waals surface area contributed by atoms with Crippen molar-refractivity contribution in [3.63, 3.8) is 0 Å². The van der Waals surface area contributed by atoms with E-state index in [1.807, 2.05) is 11.3 Å². The van der Waals surface area contributed by atoms with Gasteiger partial charge in [-0.2, -0.15) is 0 Å². The zero-order valence-electron chi connectivity index (χ0n) is 9.55. The van der Waals surface area contributed by atoms with Crippen LogP contribution in [0.5, 0.6) is 0 Å². The van der Waals surface area contributed by atoms with Gasteiger partial charge in [0.05, 0.1) is 6.04 Å². The molecule has 0 fully saturated rings. The monoisotopic (exact) mass is 221 g/mol. The molecular weight excluding hydrogens is 202 g/mol. The summed E-state index contributed by atoms with van der Waals surface area (Å²) in [7, 11) is 0. The van der Waals surface area contributed by atoms with Crippen LogP contribution >= 0.6 is 11.3 Å². The fraction of sp³-hybridized carbons (Fsp3) is 0.538. The lowest BCUT2D eigenvalue weighted by Crippen LogP contribution is -2.21. The number of rotatable bonds is 6. The first kappa shape index (κ1) is 12.3. The Balaban J connectivity index is 2.74. The van der Waals surface area contributed by atoms with Gasteiger partial charge in [0.1, 0.15) is 0 Å². The summed E-state index contributed by atoms with van der Waals surface area (Å²) in [6.07, 6.45) is 8.44. The van der Waals surface area contributed by atoms with Crippen molar-refractivity contribution >= 4 is 11.3 Å². The summed E-state index contributed by atoms with van der Waals surface area (Å²) < 4.78 is 0. The maximum absolute atomic E-state index is 5.41. The van der Waals surface area contributed by atoms with Gasteiger partial charge in [0.15, 0.2) is 0 Å². The van der Waals surface area contributed by atoms with Crippen molar-refractivity contribution in [2.75, 3.05) is 6.54 Å². The lowest BCUT2D eigenvalue weighted by molar-refractivity contribution is 0.547. The first-order valence-electron chi connectivity index (χ1n) is 5.56. The van der Waals surface area contributed by atoms with Crippen LogP contribution in [-0.2, 0) is 6.42 Å². The second kappa shape index (κ2) is 6.66. The van der Waals surface area contributed by atoms with Gasteiger partial charge in [-0.1, -0.05) is 13.8 Å². The lowest BCUT2D eigenvalue weighted by Gasteiger charge is -2.16. The minimum atomic E-state index is 0.352. The average Bonchev–Trinajstić information content (AvgIpc) is 2.72. The van der Waals surface area contributed by atoms with Crippen LogP contribution in [0.1, 0.15) is 43.2 Å². The molecule has 0 bridgehead atoms. The number of nitrogens with one attached hydrogen (secondary N) is 1. The van der Waals surface area contributed by atoms with Crippen molar-refractivity contribution in [1.29, 1.82) is 0 Å². The topological polar surface area (TPSA) is 12.0 Å². The van der Waals surface area contributed by atoms with Crippen LogP contribution in [0.25, 0.3) is 0 Å². The number of hydrogen-bond acceptors (Lipinski definition) is 2. The Hall–Kier alpha value is -0.780. The van der Waals surface area contributed by atoms with E-state index < -0.39 is 0 Å². The average molecular weight is 221 g/mol. The Kier molecular flexibility index (Phi) is 5.45. The quantitative estimate of drug-likeness (QED) is 0.726. The van der Waals surface area contributed by atoms with E-state index >= 15 is 0 Å². The third-order valence-electron chi connectivity index (χ3n) is 2.44. The van der Waals surface area contributed by atoms with Gasteiger partial charge in [-0.3, -0.25) is 0 Å². The largest absolute Gasteiger partial charge is 0.308 e. The van der Waals surface area contributed by atoms with Crippen molar-refractivity contribution in [3.8, 4) is 12.3 Å². The SMILES string of the molecule is C#CCC(NCCC)c1sccc1CC. The summed E-state index contributed by atoms with van der Waals surface area (Å²) in [4.78, 5) is 1.42. The van der Waals surface area contributed by atoms with E-state index in [1.165, 1.54) is 10.4 Å². The third-order valence-corrected chi connectivity index (χ3v) is 3.51. The molecule has 0 saturated heterocycles. The van der Waals surface area contributed by atoms with E-state index in [0.717, 1.165) is 25.8 Å². The summed E-state index contributed by atoms with van der Waals surface area (Å²) in [5.74, 6) is 2.76. The van der Waals surface area contributed by atoms with Gasteiger partial charge in [-0.15, -0.1) is 23.7 Å². The highest BCUT2D eigenvalue weighted by Gasteiger charge is 2.13. The number of aryl methyl sites for hydroxylation is 1. The Morgan fingerprint density at radius 2 is 2.33 bits per heavy atom. The van der Waals surface area contributed by atoms with Crippen LogP contribution in [-0.4, -0.2) is 6.54 Å². The standard InChI is InChI=1S/C13H19NS/c1-4-7-12(14-9-5-2)13-11(6-3)8-10-15-13/h1,8,10,12,14H,5-7,9H2,2-3H3. The van der Waals surface area contributed by atoms with Crippen LogP contribution in [0.15, 0.2) is 11.4 Å². The van der Waals surface area contributed by atoms with Crippen molar-refractivity contribution < 1.29 is 0 Å². The van der Waals surface area contributed by atoms with Gasteiger partial charge in [0.25, 0.3) is 0 Å². The fourth-order valence-corrected chi connectivity index (χ4v) is 2.71. The lowest BCUT2D eigenvalue weighted by atomic mass is 10.1. The van der Waals surface area contributed by atoms with E-state index in [4.69, 9.17) is 6.42 Å². The Morgan fingerprint density at radius 1 is 1.53 bits per heavy atom. The second-order valence-electron chi connectivity index (χ2n) is 3.58. The Morgan fingerprint density at radius 3 is 2.93 bits per heavy atom. The van der Waals surface area contributed by atoms with Crippen LogP contribution in [0, 0.1) is 12.3 Å². The smallest absolute Gasteiger partial charge is 0.0528 e.